The number of benzene rings is 1. The van der Waals surface area contributed by atoms with Crippen molar-refractivity contribution in [2.45, 2.75) is 19.1 Å². The van der Waals surface area contributed by atoms with Crippen molar-refractivity contribution in [1.82, 2.24) is 0 Å². The zero-order valence-electron chi connectivity index (χ0n) is 9.21. The highest BCUT2D eigenvalue weighted by Gasteiger charge is 2.19. The van der Waals surface area contributed by atoms with E-state index in [4.69, 9.17) is 22.9 Å². The second-order valence-electron chi connectivity index (χ2n) is 3.66. The van der Waals surface area contributed by atoms with Gasteiger partial charge in [-0.05, 0) is 29.6 Å². The van der Waals surface area contributed by atoms with Gasteiger partial charge in [0.2, 0.25) is 0 Å². The Bertz CT molecular complexity index is 437. The molecule has 2 unspecified atom stereocenters. The van der Waals surface area contributed by atoms with Crippen molar-refractivity contribution in [1.29, 1.82) is 0 Å². The predicted octanol–water partition coefficient (Wildman–Crippen LogP) is 1.94. The molecule has 17 heavy (non-hydrogen) atoms. The van der Waals surface area contributed by atoms with Gasteiger partial charge >= 0.3 is 0 Å². The van der Waals surface area contributed by atoms with E-state index in [0.29, 0.717) is 21.8 Å². The number of nitrogens with zero attached hydrogens (tertiary/aromatic N) is 3. The number of halogens is 1. The molecule has 0 aromatic heterocycles. The zero-order chi connectivity index (χ0) is 13.0. The third-order valence-electron chi connectivity index (χ3n) is 2.40. The molecule has 0 aliphatic carbocycles. The number of aryl methyl sites for hydroxylation is 1. The number of anilines is 1. The molecule has 92 valence electrons. The summed E-state index contributed by atoms with van der Waals surface area (Å²) in [5, 5.41) is 22.9. The van der Waals surface area contributed by atoms with E-state index in [0.717, 1.165) is 0 Å². The number of hydrogen-bond acceptors (Lipinski definition) is 4. The van der Waals surface area contributed by atoms with Crippen LogP contribution >= 0.6 is 11.6 Å². The van der Waals surface area contributed by atoms with Crippen molar-refractivity contribution in [3.8, 4) is 0 Å². The number of azide groups is 1. The van der Waals surface area contributed by atoms with Crippen LogP contribution in [0.2, 0.25) is 5.02 Å². The topological polar surface area (TPSA) is 115 Å². The Hall–Kier alpha value is -1.46. The molecule has 0 spiro atoms. The fourth-order valence-corrected chi connectivity index (χ4v) is 1.67. The highest BCUT2D eigenvalue weighted by molar-refractivity contribution is 6.33. The SMILES string of the molecule is Cc1cc(C(O)C(O)CN=[N+]=[N-])cc(Cl)c1N. The summed E-state index contributed by atoms with van der Waals surface area (Å²) in [5.41, 5.74) is 15.4. The summed E-state index contributed by atoms with van der Waals surface area (Å²) in [5.74, 6) is 0. The first-order chi connectivity index (χ1) is 7.97. The highest BCUT2D eigenvalue weighted by Crippen LogP contribution is 2.28. The lowest BCUT2D eigenvalue weighted by atomic mass is 10.0. The Morgan fingerprint density at radius 3 is 2.71 bits per heavy atom. The van der Waals surface area contributed by atoms with Crippen LogP contribution in [0.25, 0.3) is 10.4 Å². The quantitative estimate of drug-likeness (QED) is 0.331. The van der Waals surface area contributed by atoms with Crippen molar-refractivity contribution in [3.63, 3.8) is 0 Å². The summed E-state index contributed by atoms with van der Waals surface area (Å²) in [7, 11) is 0. The van der Waals surface area contributed by atoms with Gasteiger partial charge in [-0.15, -0.1) is 0 Å². The van der Waals surface area contributed by atoms with E-state index in [9.17, 15) is 10.2 Å². The summed E-state index contributed by atoms with van der Waals surface area (Å²) in [4.78, 5) is 2.51. The van der Waals surface area contributed by atoms with E-state index in [1.165, 1.54) is 6.07 Å². The fraction of sp³-hybridized carbons (Fsp3) is 0.400. The van der Waals surface area contributed by atoms with Crippen LogP contribution < -0.4 is 5.73 Å². The van der Waals surface area contributed by atoms with Gasteiger partial charge in [0.25, 0.3) is 0 Å². The third-order valence-corrected chi connectivity index (χ3v) is 2.71. The maximum Gasteiger partial charge on any atom is 0.105 e. The Morgan fingerprint density at radius 2 is 2.18 bits per heavy atom. The maximum absolute atomic E-state index is 9.82. The number of rotatable bonds is 4. The molecule has 0 aliphatic rings. The number of hydrogen-bond donors (Lipinski definition) is 3. The molecule has 0 fully saturated rings. The van der Waals surface area contributed by atoms with Crippen LogP contribution in [0.4, 0.5) is 5.69 Å². The van der Waals surface area contributed by atoms with Crippen molar-refractivity contribution < 1.29 is 10.2 Å². The van der Waals surface area contributed by atoms with Crippen molar-refractivity contribution >= 4 is 17.3 Å². The molecular weight excluding hydrogens is 244 g/mol. The molecular formula is C10H13ClN4O2. The molecule has 0 heterocycles. The van der Waals surface area contributed by atoms with Gasteiger partial charge in [-0.1, -0.05) is 22.8 Å². The number of aliphatic hydroxyl groups excluding tert-OH is 2. The van der Waals surface area contributed by atoms with Crippen LogP contribution in [0.1, 0.15) is 17.2 Å². The second-order valence-corrected chi connectivity index (χ2v) is 4.07. The lowest BCUT2D eigenvalue weighted by Crippen LogP contribution is -2.21. The van der Waals surface area contributed by atoms with E-state index >= 15 is 0 Å². The normalized spacial score (nSPS) is 13.9. The van der Waals surface area contributed by atoms with E-state index < -0.39 is 12.2 Å². The zero-order valence-corrected chi connectivity index (χ0v) is 9.96. The molecule has 2 atom stereocenters. The molecule has 6 nitrogen and oxygen atoms in total. The molecule has 7 heteroatoms. The van der Waals surface area contributed by atoms with Gasteiger partial charge < -0.3 is 15.9 Å². The minimum atomic E-state index is -1.18. The third kappa shape index (κ3) is 3.25. The maximum atomic E-state index is 9.82. The first-order valence-electron chi connectivity index (χ1n) is 4.90. The summed E-state index contributed by atoms with van der Waals surface area (Å²) in [6, 6.07) is 3.11. The van der Waals surface area contributed by atoms with Crippen LogP contribution in [-0.2, 0) is 0 Å². The summed E-state index contributed by atoms with van der Waals surface area (Å²) >= 11 is 5.87. The van der Waals surface area contributed by atoms with Crippen molar-refractivity contribution in [2.75, 3.05) is 12.3 Å². The Morgan fingerprint density at radius 1 is 1.53 bits per heavy atom. The lowest BCUT2D eigenvalue weighted by molar-refractivity contribution is 0.0244. The minimum absolute atomic E-state index is 0.210. The van der Waals surface area contributed by atoms with E-state index in [-0.39, 0.29) is 6.54 Å². The standard InChI is InChI=1S/C10H13ClN4O2/c1-5-2-6(3-7(11)9(5)12)10(17)8(16)4-14-15-13/h2-3,8,10,16-17H,4,12H2,1H3. The van der Waals surface area contributed by atoms with Crippen LogP contribution in [-0.4, -0.2) is 22.9 Å². The molecule has 0 radical (unpaired) electrons. The molecule has 0 aliphatic heterocycles. The number of nitrogens with two attached hydrogens (primary N) is 1. The Balaban J connectivity index is 2.96. The van der Waals surface area contributed by atoms with Gasteiger partial charge in [0.15, 0.2) is 0 Å². The highest BCUT2D eigenvalue weighted by atomic mass is 35.5. The summed E-state index contributed by atoms with van der Waals surface area (Å²) in [6.45, 7) is 1.54. The van der Waals surface area contributed by atoms with Crippen LogP contribution in [0, 0.1) is 6.92 Å². The molecule has 0 saturated heterocycles. The van der Waals surface area contributed by atoms with Crippen LogP contribution in [0.3, 0.4) is 0 Å². The molecule has 1 aromatic rings. The molecule has 0 bridgehead atoms. The Labute approximate surface area is 103 Å². The smallest absolute Gasteiger partial charge is 0.105 e. The van der Waals surface area contributed by atoms with Gasteiger partial charge in [-0.3, -0.25) is 0 Å². The van der Waals surface area contributed by atoms with Crippen LogP contribution in [0.5, 0.6) is 0 Å². The molecule has 1 rings (SSSR count). The molecule has 4 N–H and O–H groups in total. The number of aliphatic hydroxyl groups is 2. The van der Waals surface area contributed by atoms with E-state index in [1.807, 2.05) is 0 Å². The Kier molecular flexibility index (Phi) is 4.60. The minimum Gasteiger partial charge on any atom is -0.397 e. The van der Waals surface area contributed by atoms with E-state index in [1.54, 1.807) is 13.0 Å². The predicted molar refractivity (Wildman–Crippen MR) is 65.6 cm³/mol. The summed E-state index contributed by atoms with van der Waals surface area (Å²) < 4.78 is 0. The van der Waals surface area contributed by atoms with Gasteiger partial charge in [0.1, 0.15) is 6.10 Å². The van der Waals surface area contributed by atoms with Gasteiger partial charge in [-0.2, -0.15) is 0 Å². The largest absolute Gasteiger partial charge is 0.397 e. The van der Waals surface area contributed by atoms with Gasteiger partial charge in [0.05, 0.1) is 23.4 Å². The average molecular weight is 257 g/mol. The molecule has 0 amide bonds. The fourth-order valence-electron chi connectivity index (χ4n) is 1.39. The first kappa shape index (κ1) is 13.6. The second kappa shape index (κ2) is 5.75. The number of nitrogen functional groups attached to an aromatic ring is 1. The van der Waals surface area contributed by atoms with Crippen molar-refractivity contribution in [2.24, 2.45) is 5.11 Å². The van der Waals surface area contributed by atoms with Crippen molar-refractivity contribution in [3.05, 3.63) is 38.7 Å². The lowest BCUT2D eigenvalue weighted by Gasteiger charge is -2.17. The monoisotopic (exact) mass is 256 g/mol. The molecule has 1 aromatic carbocycles. The van der Waals surface area contributed by atoms with Gasteiger partial charge in [-0.25, -0.2) is 0 Å². The molecule has 0 saturated carbocycles. The van der Waals surface area contributed by atoms with E-state index in [2.05, 4.69) is 10.0 Å². The first-order valence-corrected chi connectivity index (χ1v) is 5.27. The average Bonchev–Trinajstić information content (AvgIpc) is 2.31. The van der Waals surface area contributed by atoms with Crippen LogP contribution in [0.15, 0.2) is 17.2 Å². The van der Waals surface area contributed by atoms with Gasteiger partial charge in [0, 0.05) is 4.91 Å². The summed E-state index contributed by atoms with van der Waals surface area (Å²) in [6.07, 6.45) is -2.35.